The molecule has 3 heteroatoms. The molecule has 0 bridgehead atoms. The molecule has 2 aromatic carbocycles. The van der Waals surface area contributed by atoms with Crippen molar-refractivity contribution < 1.29 is 5.11 Å². The van der Waals surface area contributed by atoms with E-state index in [1.807, 2.05) is 49.4 Å². The molecule has 0 saturated carbocycles. The van der Waals surface area contributed by atoms with Crippen LogP contribution in [0.3, 0.4) is 0 Å². The number of aliphatic hydroxyl groups is 1. The van der Waals surface area contributed by atoms with Gasteiger partial charge >= 0.3 is 0 Å². The Morgan fingerprint density at radius 3 is 2.47 bits per heavy atom. The minimum Gasteiger partial charge on any atom is -0.387 e. The molecule has 0 aliphatic carbocycles. The molecule has 19 heavy (non-hydrogen) atoms. The second-order valence-electron chi connectivity index (χ2n) is 4.80. The quantitative estimate of drug-likeness (QED) is 0.900. The highest BCUT2D eigenvalue weighted by Crippen LogP contribution is 2.24. The maximum Gasteiger partial charge on any atom is 0.0946 e. The van der Waals surface area contributed by atoms with E-state index in [1.54, 1.807) is 6.07 Å². The van der Waals surface area contributed by atoms with Crippen LogP contribution >= 0.6 is 11.6 Å². The molecular weight excluding hydrogens is 258 g/mol. The van der Waals surface area contributed by atoms with Gasteiger partial charge in [-0.25, -0.2) is 0 Å². The van der Waals surface area contributed by atoms with Crippen LogP contribution in [-0.2, 0) is 6.42 Å². The molecule has 100 valence electrons. The Morgan fingerprint density at radius 2 is 1.84 bits per heavy atom. The van der Waals surface area contributed by atoms with E-state index in [0.29, 0.717) is 11.4 Å². The van der Waals surface area contributed by atoms with E-state index in [-0.39, 0.29) is 6.04 Å². The summed E-state index contributed by atoms with van der Waals surface area (Å²) in [6.45, 7) is 1.93. The lowest BCUT2D eigenvalue weighted by atomic mass is 9.94. The van der Waals surface area contributed by atoms with E-state index in [2.05, 4.69) is 0 Å². The van der Waals surface area contributed by atoms with Gasteiger partial charge in [0.1, 0.15) is 0 Å². The van der Waals surface area contributed by atoms with Gasteiger partial charge in [-0.1, -0.05) is 48.0 Å². The molecule has 0 aliphatic rings. The summed E-state index contributed by atoms with van der Waals surface area (Å²) in [5.74, 6) is 0. The van der Waals surface area contributed by atoms with Crippen LogP contribution in [0.15, 0.2) is 48.5 Å². The molecule has 0 aliphatic heterocycles. The van der Waals surface area contributed by atoms with Crippen LogP contribution in [0.5, 0.6) is 0 Å². The van der Waals surface area contributed by atoms with Crippen molar-refractivity contribution in [2.75, 3.05) is 0 Å². The average Bonchev–Trinajstić information content (AvgIpc) is 2.39. The van der Waals surface area contributed by atoms with Crippen molar-refractivity contribution in [3.8, 4) is 0 Å². The smallest absolute Gasteiger partial charge is 0.0946 e. The lowest BCUT2D eigenvalue weighted by Gasteiger charge is -2.21. The van der Waals surface area contributed by atoms with Crippen LogP contribution in [-0.4, -0.2) is 11.1 Å². The fourth-order valence-electron chi connectivity index (χ4n) is 2.20. The first-order valence-corrected chi connectivity index (χ1v) is 6.69. The fraction of sp³-hybridized carbons (Fsp3) is 0.250. The molecular formula is C16H18ClNO. The van der Waals surface area contributed by atoms with Crippen LogP contribution < -0.4 is 5.73 Å². The van der Waals surface area contributed by atoms with Crippen molar-refractivity contribution in [1.82, 2.24) is 0 Å². The van der Waals surface area contributed by atoms with Gasteiger partial charge in [0, 0.05) is 11.1 Å². The Labute approximate surface area is 118 Å². The lowest BCUT2D eigenvalue weighted by Crippen LogP contribution is -2.31. The first kappa shape index (κ1) is 14.1. The van der Waals surface area contributed by atoms with Gasteiger partial charge in [0.05, 0.1) is 6.10 Å². The number of benzene rings is 2. The summed E-state index contributed by atoms with van der Waals surface area (Å²) < 4.78 is 0. The second-order valence-corrected chi connectivity index (χ2v) is 5.24. The van der Waals surface area contributed by atoms with E-state index in [1.165, 1.54) is 0 Å². The van der Waals surface area contributed by atoms with Gasteiger partial charge in [0.25, 0.3) is 0 Å². The van der Waals surface area contributed by atoms with Crippen molar-refractivity contribution in [3.63, 3.8) is 0 Å². The number of nitrogens with two attached hydrogens (primary N) is 1. The van der Waals surface area contributed by atoms with Crippen LogP contribution in [0.4, 0.5) is 0 Å². The molecule has 0 amide bonds. The SMILES string of the molecule is Cc1cc(Cl)ccc1C(O)C(N)Cc1ccccc1. The Hall–Kier alpha value is -1.35. The Balaban J connectivity index is 2.12. The van der Waals surface area contributed by atoms with E-state index in [0.717, 1.165) is 16.7 Å². The van der Waals surface area contributed by atoms with Crippen molar-refractivity contribution in [3.05, 3.63) is 70.2 Å². The summed E-state index contributed by atoms with van der Waals surface area (Å²) in [6, 6.07) is 15.1. The Kier molecular flexibility index (Phi) is 4.59. The molecule has 0 heterocycles. The third-order valence-corrected chi connectivity index (χ3v) is 3.51. The van der Waals surface area contributed by atoms with E-state index in [9.17, 15) is 5.11 Å². The number of rotatable bonds is 4. The maximum atomic E-state index is 10.4. The van der Waals surface area contributed by atoms with Gasteiger partial charge in [0.15, 0.2) is 0 Å². The monoisotopic (exact) mass is 275 g/mol. The Bertz CT molecular complexity index is 542. The zero-order valence-corrected chi connectivity index (χ0v) is 11.6. The van der Waals surface area contributed by atoms with Gasteiger partial charge in [-0.05, 0) is 42.2 Å². The van der Waals surface area contributed by atoms with E-state index < -0.39 is 6.10 Å². The molecule has 0 saturated heterocycles. The second kappa shape index (κ2) is 6.20. The number of hydrogen-bond acceptors (Lipinski definition) is 2. The third kappa shape index (κ3) is 3.57. The van der Waals surface area contributed by atoms with Crippen LogP contribution in [0.1, 0.15) is 22.8 Å². The van der Waals surface area contributed by atoms with Crippen LogP contribution in [0, 0.1) is 6.92 Å². The standard InChI is InChI=1S/C16H18ClNO/c1-11-9-13(17)7-8-14(11)16(19)15(18)10-12-5-3-2-4-6-12/h2-9,15-16,19H,10,18H2,1H3. The molecule has 0 aromatic heterocycles. The molecule has 0 spiro atoms. The molecule has 2 rings (SSSR count). The van der Waals surface area contributed by atoms with Gasteiger partial charge < -0.3 is 10.8 Å². The van der Waals surface area contributed by atoms with Crippen molar-refractivity contribution in [2.45, 2.75) is 25.5 Å². The maximum absolute atomic E-state index is 10.4. The minimum atomic E-state index is -0.683. The summed E-state index contributed by atoms with van der Waals surface area (Å²) in [5, 5.41) is 11.0. The first-order valence-electron chi connectivity index (χ1n) is 6.31. The predicted octanol–water partition coefficient (Wildman–Crippen LogP) is 3.25. The minimum absolute atomic E-state index is 0.331. The van der Waals surface area contributed by atoms with Gasteiger partial charge in [-0.2, -0.15) is 0 Å². The number of halogens is 1. The molecule has 2 unspecified atom stereocenters. The fourth-order valence-corrected chi connectivity index (χ4v) is 2.43. The van der Waals surface area contributed by atoms with Crippen molar-refractivity contribution in [1.29, 1.82) is 0 Å². The summed E-state index contributed by atoms with van der Waals surface area (Å²) in [7, 11) is 0. The average molecular weight is 276 g/mol. The molecule has 0 radical (unpaired) electrons. The predicted molar refractivity (Wildman–Crippen MR) is 79.3 cm³/mol. The zero-order valence-electron chi connectivity index (χ0n) is 10.9. The summed E-state index contributed by atoms with van der Waals surface area (Å²) in [4.78, 5) is 0. The van der Waals surface area contributed by atoms with Gasteiger partial charge in [0.2, 0.25) is 0 Å². The molecule has 2 aromatic rings. The highest BCUT2D eigenvalue weighted by molar-refractivity contribution is 6.30. The lowest BCUT2D eigenvalue weighted by molar-refractivity contribution is 0.145. The normalized spacial score (nSPS) is 14.1. The molecule has 0 fully saturated rings. The van der Waals surface area contributed by atoms with Crippen molar-refractivity contribution >= 4 is 11.6 Å². The van der Waals surface area contributed by atoms with Crippen LogP contribution in [0.2, 0.25) is 5.02 Å². The number of aryl methyl sites for hydroxylation is 1. The largest absolute Gasteiger partial charge is 0.387 e. The number of hydrogen-bond donors (Lipinski definition) is 2. The molecule has 3 N–H and O–H groups in total. The highest BCUT2D eigenvalue weighted by Gasteiger charge is 2.19. The highest BCUT2D eigenvalue weighted by atomic mass is 35.5. The summed E-state index contributed by atoms with van der Waals surface area (Å²) in [5.41, 5.74) is 9.03. The van der Waals surface area contributed by atoms with Gasteiger partial charge in [-0.15, -0.1) is 0 Å². The topological polar surface area (TPSA) is 46.2 Å². The van der Waals surface area contributed by atoms with Crippen LogP contribution in [0.25, 0.3) is 0 Å². The van der Waals surface area contributed by atoms with E-state index >= 15 is 0 Å². The Morgan fingerprint density at radius 1 is 1.16 bits per heavy atom. The zero-order chi connectivity index (χ0) is 13.8. The van der Waals surface area contributed by atoms with Gasteiger partial charge in [-0.3, -0.25) is 0 Å². The molecule has 2 atom stereocenters. The summed E-state index contributed by atoms with van der Waals surface area (Å²) >= 11 is 5.92. The first-order chi connectivity index (χ1) is 9.08. The molecule has 2 nitrogen and oxygen atoms in total. The summed E-state index contributed by atoms with van der Waals surface area (Å²) in [6.07, 6.45) is -0.0400. The van der Waals surface area contributed by atoms with E-state index in [4.69, 9.17) is 17.3 Å². The number of aliphatic hydroxyl groups excluding tert-OH is 1. The third-order valence-electron chi connectivity index (χ3n) is 3.27. The van der Waals surface area contributed by atoms with Crippen molar-refractivity contribution in [2.24, 2.45) is 5.73 Å².